The van der Waals surface area contributed by atoms with E-state index >= 15 is 0 Å². The van der Waals surface area contributed by atoms with Gasteiger partial charge in [-0.25, -0.2) is 0 Å². The molecule has 0 aliphatic carbocycles. The summed E-state index contributed by atoms with van der Waals surface area (Å²) in [5.41, 5.74) is 2.07. The van der Waals surface area contributed by atoms with Gasteiger partial charge >= 0.3 is 0 Å². The van der Waals surface area contributed by atoms with Gasteiger partial charge in [-0.3, -0.25) is 0 Å². The largest absolute Gasteiger partial charge is 0.459 e. The van der Waals surface area contributed by atoms with Crippen molar-refractivity contribution in [2.75, 3.05) is 20.3 Å². The smallest absolute Gasteiger partial charge is 0.134 e. The number of rotatable bonds is 6. The highest BCUT2D eigenvalue weighted by atomic mass is 16.5. The van der Waals surface area contributed by atoms with Crippen LogP contribution in [0.3, 0.4) is 0 Å². The first-order valence-electron chi connectivity index (χ1n) is 7.21. The molecule has 4 heteroatoms. The summed E-state index contributed by atoms with van der Waals surface area (Å²) in [6.45, 7) is 2.83. The summed E-state index contributed by atoms with van der Waals surface area (Å²) in [5.74, 6) is 0.959. The number of ether oxygens (including phenoxy) is 2. The van der Waals surface area contributed by atoms with Gasteiger partial charge < -0.3 is 19.2 Å². The zero-order chi connectivity index (χ0) is 13.8. The highest BCUT2D eigenvalue weighted by Gasteiger charge is 2.17. The quantitative estimate of drug-likeness (QED) is 0.880. The standard InChI is InChI=1S/C16H21NO3/c1-17-9-16-14(11-18-10-12-5-4-8-19-12)13-6-2-3-7-15(13)20-16/h2-3,6-7,12,17H,4-5,8-11H2,1H3. The van der Waals surface area contributed by atoms with E-state index in [-0.39, 0.29) is 6.10 Å². The average Bonchev–Trinajstić information content (AvgIpc) is 3.08. The molecule has 20 heavy (non-hydrogen) atoms. The van der Waals surface area contributed by atoms with Crippen molar-refractivity contribution in [2.45, 2.75) is 32.1 Å². The van der Waals surface area contributed by atoms with E-state index in [0.29, 0.717) is 19.8 Å². The van der Waals surface area contributed by atoms with Crippen LogP contribution in [-0.4, -0.2) is 26.4 Å². The molecule has 1 aliphatic rings. The molecule has 108 valence electrons. The summed E-state index contributed by atoms with van der Waals surface area (Å²) in [7, 11) is 1.92. The fourth-order valence-electron chi connectivity index (χ4n) is 2.68. The van der Waals surface area contributed by atoms with Crippen LogP contribution in [0.15, 0.2) is 28.7 Å². The molecule has 1 N–H and O–H groups in total. The Morgan fingerprint density at radius 3 is 3.05 bits per heavy atom. The lowest BCUT2D eigenvalue weighted by Crippen LogP contribution is -2.14. The second kappa shape index (κ2) is 6.39. The minimum Gasteiger partial charge on any atom is -0.459 e. The van der Waals surface area contributed by atoms with Crippen LogP contribution < -0.4 is 5.32 Å². The third kappa shape index (κ3) is 2.87. The number of nitrogens with one attached hydrogen (secondary N) is 1. The number of para-hydroxylation sites is 1. The van der Waals surface area contributed by atoms with Crippen molar-refractivity contribution in [1.82, 2.24) is 5.32 Å². The second-order valence-electron chi connectivity index (χ2n) is 5.18. The minimum absolute atomic E-state index is 0.265. The fourth-order valence-corrected chi connectivity index (χ4v) is 2.68. The van der Waals surface area contributed by atoms with Gasteiger partial charge in [-0.1, -0.05) is 18.2 Å². The van der Waals surface area contributed by atoms with Crippen LogP contribution in [-0.2, 0) is 22.6 Å². The average molecular weight is 275 g/mol. The van der Waals surface area contributed by atoms with Gasteiger partial charge in [-0.15, -0.1) is 0 Å². The molecule has 1 unspecified atom stereocenters. The Labute approximate surface area is 119 Å². The Hall–Kier alpha value is -1.36. The zero-order valence-corrected chi connectivity index (χ0v) is 11.9. The lowest BCUT2D eigenvalue weighted by molar-refractivity contribution is 0.0104. The van der Waals surface area contributed by atoms with Gasteiger partial charge in [0.05, 0.1) is 25.9 Å². The first kappa shape index (κ1) is 13.6. The van der Waals surface area contributed by atoms with E-state index in [9.17, 15) is 0 Å². The summed E-state index contributed by atoms with van der Waals surface area (Å²) in [4.78, 5) is 0. The lowest BCUT2D eigenvalue weighted by atomic mass is 10.1. The van der Waals surface area contributed by atoms with E-state index in [2.05, 4.69) is 11.4 Å². The molecular formula is C16H21NO3. The number of furan rings is 1. The Bertz CT molecular complexity index is 558. The van der Waals surface area contributed by atoms with Crippen molar-refractivity contribution < 1.29 is 13.9 Å². The molecule has 1 aliphatic heterocycles. The highest BCUT2D eigenvalue weighted by molar-refractivity contribution is 5.82. The zero-order valence-electron chi connectivity index (χ0n) is 11.9. The van der Waals surface area contributed by atoms with Crippen molar-refractivity contribution >= 4 is 11.0 Å². The highest BCUT2D eigenvalue weighted by Crippen LogP contribution is 2.26. The van der Waals surface area contributed by atoms with Crippen molar-refractivity contribution in [1.29, 1.82) is 0 Å². The maximum absolute atomic E-state index is 5.89. The number of hydrogen-bond donors (Lipinski definition) is 1. The molecule has 1 saturated heterocycles. The maximum Gasteiger partial charge on any atom is 0.134 e. The molecule has 0 radical (unpaired) electrons. The van der Waals surface area contributed by atoms with Crippen LogP contribution in [0.2, 0.25) is 0 Å². The van der Waals surface area contributed by atoms with E-state index in [0.717, 1.165) is 41.7 Å². The monoisotopic (exact) mass is 275 g/mol. The van der Waals surface area contributed by atoms with E-state index in [1.54, 1.807) is 0 Å². The molecule has 1 atom stereocenters. The molecule has 4 nitrogen and oxygen atoms in total. The van der Waals surface area contributed by atoms with Crippen LogP contribution in [0.5, 0.6) is 0 Å². The van der Waals surface area contributed by atoms with Crippen molar-refractivity contribution in [3.63, 3.8) is 0 Å². The van der Waals surface area contributed by atoms with Crippen LogP contribution in [0.4, 0.5) is 0 Å². The predicted molar refractivity (Wildman–Crippen MR) is 77.6 cm³/mol. The van der Waals surface area contributed by atoms with Gasteiger partial charge in [0.1, 0.15) is 11.3 Å². The van der Waals surface area contributed by atoms with E-state index in [1.165, 1.54) is 0 Å². The molecule has 2 aromatic rings. The summed E-state index contributed by atoms with van der Waals surface area (Å²) < 4.78 is 17.3. The van der Waals surface area contributed by atoms with E-state index in [4.69, 9.17) is 13.9 Å². The SMILES string of the molecule is CNCc1oc2ccccc2c1COCC1CCCO1. The summed E-state index contributed by atoms with van der Waals surface area (Å²) in [5, 5.41) is 4.29. The molecule has 0 spiro atoms. The molecule has 1 aromatic carbocycles. The van der Waals surface area contributed by atoms with Gasteiger partial charge in [0.15, 0.2) is 0 Å². The van der Waals surface area contributed by atoms with Gasteiger partial charge in [-0.05, 0) is 26.0 Å². The number of hydrogen-bond acceptors (Lipinski definition) is 4. The van der Waals surface area contributed by atoms with Crippen LogP contribution in [0.25, 0.3) is 11.0 Å². The summed E-state index contributed by atoms with van der Waals surface area (Å²) in [6, 6.07) is 8.11. The van der Waals surface area contributed by atoms with E-state index in [1.807, 2.05) is 25.2 Å². The van der Waals surface area contributed by atoms with Gasteiger partial charge in [0, 0.05) is 17.6 Å². The molecule has 1 aromatic heterocycles. The molecule has 1 fully saturated rings. The number of fused-ring (bicyclic) bond motifs is 1. The Morgan fingerprint density at radius 2 is 2.25 bits per heavy atom. The van der Waals surface area contributed by atoms with Crippen LogP contribution in [0, 0.1) is 0 Å². The third-order valence-electron chi connectivity index (χ3n) is 3.69. The lowest BCUT2D eigenvalue weighted by Gasteiger charge is -2.10. The van der Waals surface area contributed by atoms with Crippen molar-refractivity contribution in [3.05, 3.63) is 35.6 Å². The molecule has 0 amide bonds. The Balaban J connectivity index is 1.72. The normalized spacial score (nSPS) is 18.9. The maximum atomic E-state index is 5.89. The van der Waals surface area contributed by atoms with Gasteiger partial charge in [0.25, 0.3) is 0 Å². The van der Waals surface area contributed by atoms with Gasteiger partial charge in [-0.2, -0.15) is 0 Å². The Kier molecular flexibility index (Phi) is 4.35. The molecule has 0 bridgehead atoms. The minimum atomic E-state index is 0.265. The van der Waals surface area contributed by atoms with Crippen molar-refractivity contribution in [3.8, 4) is 0 Å². The first-order chi connectivity index (χ1) is 9.88. The predicted octanol–water partition coefficient (Wildman–Crippen LogP) is 2.85. The fraction of sp³-hybridized carbons (Fsp3) is 0.500. The topological polar surface area (TPSA) is 43.6 Å². The second-order valence-corrected chi connectivity index (χ2v) is 5.18. The molecule has 0 saturated carbocycles. The molecule has 2 heterocycles. The Morgan fingerprint density at radius 1 is 1.35 bits per heavy atom. The van der Waals surface area contributed by atoms with Crippen molar-refractivity contribution in [2.24, 2.45) is 0 Å². The van der Waals surface area contributed by atoms with Gasteiger partial charge in [0.2, 0.25) is 0 Å². The van der Waals surface area contributed by atoms with Crippen LogP contribution >= 0.6 is 0 Å². The first-order valence-corrected chi connectivity index (χ1v) is 7.21. The third-order valence-corrected chi connectivity index (χ3v) is 3.69. The molecule has 3 rings (SSSR count). The number of benzene rings is 1. The summed E-state index contributed by atoms with van der Waals surface area (Å²) in [6.07, 6.45) is 2.52. The van der Waals surface area contributed by atoms with E-state index < -0.39 is 0 Å². The van der Waals surface area contributed by atoms with Crippen LogP contribution in [0.1, 0.15) is 24.2 Å². The summed E-state index contributed by atoms with van der Waals surface area (Å²) >= 11 is 0. The molecular weight excluding hydrogens is 254 g/mol.